The van der Waals surface area contributed by atoms with Gasteiger partial charge in [-0.1, -0.05) is 13.3 Å². The molecular formula is C11H25N2+. The summed E-state index contributed by atoms with van der Waals surface area (Å²) in [5.41, 5.74) is 0. The lowest BCUT2D eigenvalue weighted by Crippen LogP contribution is -2.62. The summed E-state index contributed by atoms with van der Waals surface area (Å²) in [5.74, 6) is 0. The molecule has 0 aromatic carbocycles. The molecule has 1 saturated heterocycles. The number of nitrogens with zero attached hydrogens (tertiary/aromatic N) is 2. The summed E-state index contributed by atoms with van der Waals surface area (Å²) in [6, 6.07) is 0.869. The first kappa shape index (κ1) is 11.0. The normalized spacial score (nSPS) is 36.5. The van der Waals surface area contributed by atoms with Crippen LogP contribution in [-0.2, 0) is 0 Å². The second-order valence-corrected chi connectivity index (χ2v) is 4.72. The molecular weight excluding hydrogens is 160 g/mol. The van der Waals surface area contributed by atoms with Crippen molar-refractivity contribution < 1.29 is 4.48 Å². The molecule has 0 aromatic rings. The van der Waals surface area contributed by atoms with Gasteiger partial charge in [0.2, 0.25) is 0 Å². The Labute approximate surface area is 83.1 Å². The summed E-state index contributed by atoms with van der Waals surface area (Å²) in [6.45, 7) is 9.81. The van der Waals surface area contributed by atoms with Crippen LogP contribution in [0.2, 0.25) is 0 Å². The zero-order valence-electron chi connectivity index (χ0n) is 9.71. The summed E-state index contributed by atoms with van der Waals surface area (Å²) in [7, 11) is 4.68. The van der Waals surface area contributed by atoms with E-state index in [2.05, 4.69) is 32.8 Å². The van der Waals surface area contributed by atoms with Gasteiger partial charge in [-0.2, -0.15) is 0 Å². The zero-order valence-corrected chi connectivity index (χ0v) is 9.71. The minimum Gasteiger partial charge on any atom is -0.322 e. The number of piperazine rings is 1. The predicted octanol–water partition coefficient (Wildman–Crippen LogP) is 1.57. The van der Waals surface area contributed by atoms with Gasteiger partial charge in [0.05, 0.1) is 26.7 Å². The molecule has 0 amide bonds. The van der Waals surface area contributed by atoms with Gasteiger partial charge in [0.25, 0.3) is 0 Å². The predicted molar refractivity (Wildman–Crippen MR) is 57.8 cm³/mol. The Bertz CT molecular complexity index is 158. The molecule has 2 atom stereocenters. The van der Waals surface area contributed by atoms with Gasteiger partial charge in [-0.3, -0.25) is 4.90 Å². The zero-order chi connectivity index (χ0) is 9.90. The lowest BCUT2D eigenvalue weighted by molar-refractivity contribution is -0.936. The molecule has 0 spiro atoms. The number of hydrogen-bond acceptors (Lipinski definition) is 1. The third-order valence-corrected chi connectivity index (χ3v) is 3.74. The van der Waals surface area contributed by atoms with Crippen molar-refractivity contribution in [2.75, 3.05) is 40.3 Å². The molecule has 0 N–H and O–H groups in total. The quantitative estimate of drug-likeness (QED) is 0.603. The first-order chi connectivity index (χ1) is 6.12. The fourth-order valence-corrected chi connectivity index (χ4v) is 2.38. The lowest BCUT2D eigenvalue weighted by atomic mass is 10.0. The van der Waals surface area contributed by atoms with Crippen molar-refractivity contribution in [1.82, 2.24) is 4.90 Å². The number of hydrogen-bond donors (Lipinski definition) is 0. The Kier molecular flexibility index (Phi) is 3.74. The van der Waals surface area contributed by atoms with Crippen LogP contribution in [0.5, 0.6) is 0 Å². The van der Waals surface area contributed by atoms with E-state index in [1.807, 2.05) is 0 Å². The first-order valence-corrected chi connectivity index (χ1v) is 5.65. The summed E-state index contributed by atoms with van der Waals surface area (Å²) in [5, 5.41) is 0. The van der Waals surface area contributed by atoms with Gasteiger partial charge in [-0.15, -0.1) is 0 Å². The lowest BCUT2D eigenvalue weighted by Gasteiger charge is -2.47. The summed E-state index contributed by atoms with van der Waals surface area (Å²) in [4.78, 5) is 2.48. The van der Waals surface area contributed by atoms with Gasteiger partial charge in [0.15, 0.2) is 0 Å². The minimum absolute atomic E-state index is 0.869. The molecule has 0 bridgehead atoms. The van der Waals surface area contributed by atoms with Crippen LogP contribution in [0.4, 0.5) is 0 Å². The van der Waals surface area contributed by atoms with Gasteiger partial charge in [0, 0.05) is 13.0 Å². The van der Waals surface area contributed by atoms with Gasteiger partial charge in [0.1, 0.15) is 6.04 Å². The third kappa shape index (κ3) is 2.44. The van der Waals surface area contributed by atoms with Crippen molar-refractivity contribution in [1.29, 1.82) is 0 Å². The van der Waals surface area contributed by atoms with Crippen LogP contribution < -0.4 is 0 Å². The Morgan fingerprint density at radius 2 is 2.08 bits per heavy atom. The monoisotopic (exact) mass is 185 g/mol. The third-order valence-electron chi connectivity index (χ3n) is 3.74. The second kappa shape index (κ2) is 4.43. The average Bonchev–Trinajstić information content (AvgIpc) is 2.12. The maximum Gasteiger partial charge on any atom is 0.102 e. The molecule has 0 aromatic heterocycles. The van der Waals surface area contributed by atoms with E-state index in [0.29, 0.717) is 0 Å². The van der Waals surface area contributed by atoms with Crippen molar-refractivity contribution in [3.8, 4) is 0 Å². The van der Waals surface area contributed by atoms with Gasteiger partial charge < -0.3 is 4.48 Å². The summed E-state index contributed by atoms with van der Waals surface area (Å²) >= 11 is 0. The van der Waals surface area contributed by atoms with E-state index >= 15 is 0 Å². The highest BCUT2D eigenvalue weighted by atomic mass is 15.4. The van der Waals surface area contributed by atoms with Gasteiger partial charge in [-0.25, -0.2) is 0 Å². The molecule has 2 nitrogen and oxygen atoms in total. The molecule has 0 saturated carbocycles. The van der Waals surface area contributed by atoms with Crippen molar-refractivity contribution >= 4 is 0 Å². The fourth-order valence-electron chi connectivity index (χ4n) is 2.38. The Morgan fingerprint density at radius 1 is 1.38 bits per heavy atom. The van der Waals surface area contributed by atoms with E-state index in [9.17, 15) is 0 Å². The highest BCUT2D eigenvalue weighted by Crippen LogP contribution is 2.20. The van der Waals surface area contributed by atoms with E-state index in [-0.39, 0.29) is 0 Å². The van der Waals surface area contributed by atoms with Crippen molar-refractivity contribution in [3.05, 3.63) is 0 Å². The number of likely N-dealkylation sites (N-methyl/N-ethyl adjacent to an activating group) is 2. The molecule has 1 heterocycles. The minimum atomic E-state index is 0.869. The molecule has 1 rings (SSSR count). The van der Waals surface area contributed by atoms with Gasteiger partial charge >= 0.3 is 0 Å². The average molecular weight is 185 g/mol. The van der Waals surface area contributed by atoms with E-state index < -0.39 is 0 Å². The van der Waals surface area contributed by atoms with Crippen molar-refractivity contribution in [2.45, 2.75) is 32.7 Å². The van der Waals surface area contributed by atoms with Crippen molar-refractivity contribution in [2.24, 2.45) is 0 Å². The first-order valence-electron chi connectivity index (χ1n) is 5.65. The molecule has 1 aliphatic heterocycles. The van der Waals surface area contributed by atoms with Crippen LogP contribution in [0.3, 0.4) is 0 Å². The van der Waals surface area contributed by atoms with Crippen LogP contribution in [0, 0.1) is 0 Å². The maximum atomic E-state index is 2.48. The Balaban J connectivity index is 2.60. The van der Waals surface area contributed by atoms with Crippen LogP contribution in [-0.4, -0.2) is 55.7 Å². The highest BCUT2D eigenvalue weighted by Gasteiger charge is 2.34. The fraction of sp³-hybridized carbons (Fsp3) is 1.00. The van der Waals surface area contributed by atoms with Crippen molar-refractivity contribution in [3.63, 3.8) is 0 Å². The molecule has 0 radical (unpaired) electrons. The molecule has 0 aliphatic carbocycles. The molecule has 1 fully saturated rings. The molecule has 1 unspecified atom stereocenters. The second-order valence-electron chi connectivity index (χ2n) is 4.72. The SMILES string of the molecule is CCC[C@H]1CN(C)CC[N+]1(C)CC. The molecule has 1 aliphatic rings. The van der Waals surface area contributed by atoms with Crippen LogP contribution in [0.1, 0.15) is 26.7 Å². The number of rotatable bonds is 3. The van der Waals surface area contributed by atoms with Crippen LogP contribution >= 0.6 is 0 Å². The standard InChI is InChI=1S/C11H25N2/c1-5-7-11-10-12(3)8-9-13(11,4)6-2/h11H,5-10H2,1-4H3/q+1/t11-,13?/m0/s1. The van der Waals surface area contributed by atoms with Crippen LogP contribution in [0.15, 0.2) is 0 Å². The largest absolute Gasteiger partial charge is 0.322 e. The van der Waals surface area contributed by atoms with Crippen LogP contribution in [0.25, 0.3) is 0 Å². The van der Waals surface area contributed by atoms with Gasteiger partial charge in [-0.05, 0) is 14.0 Å². The Hall–Kier alpha value is -0.0800. The van der Waals surface area contributed by atoms with E-state index in [4.69, 9.17) is 0 Å². The topological polar surface area (TPSA) is 3.24 Å². The Morgan fingerprint density at radius 3 is 2.62 bits per heavy atom. The van der Waals surface area contributed by atoms with E-state index in [1.165, 1.54) is 43.5 Å². The molecule has 2 heteroatoms. The molecule has 78 valence electrons. The molecule has 13 heavy (non-hydrogen) atoms. The van der Waals surface area contributed by atoms with E-state index in [0.717, 1.165) is 6.04 Å². The van der Waals surface area contributed by atoms with E-state index in [1.54, 1.807) is 0 Å². The maximum absolute atomic E-state index is 2.48. The smallest absolute Gasteiger partial charge is 0.102 e. The summed E-state index contributed by atoms with van der Waals surface area (Å²) in [6.07, 6.45) is 2.71. The number of quaternary nitrogens is 1. The summed E-state index contributed by atoms with van der Waals surface area (Å²) < 4.78 is 1.29. The highest BCUT2D eigenvalue weighted by molar-refractivity contribution is 4.69.